The number of amides is 1. The molecule has 0 aliphatic carbocycles. The molecule has 6 heteroatoms. The van der Waals surface area contributed by atoms with Crippen LogP contribution in [0.15, 0.2) is 18.2 Å². The number of hydrogen-bond acceptors (Lipinski definition) is 5. The van der Waals surface area contributed by atoms with Crippen molar-refractivity contribution in [3.05, 3.63) is 23.8 Å². The van der Waals surface area contributed by atoms with Crippen molar-refractivity contribution in [2.24, 2.45) is 0 Å². The Morgan fingerprint density at radius 3 is 2.74 bits per heavy atom. The first kappa shape index (κ1) is 14.8. The van der Waals surface area contributed by atoms with Crippen molar-refractivity contribution in [2.75, 3.05) is 26.0 Å². The third-order valence-electron chi connectivity index (χ3n) is 2.43. The van der Waals surface area contributed by atoms with Crippen LogP contribution in [-0.2, 0) is 9.53 Å². The summed E-state index contributed by atoms with van der Waals surface area (Å²) in [6, 6.07) is 5.01. The zero-order chi connectivity index (χ0) is 14.3. The molecule has 3 N–H and O–H groups in total. The van der Waals surface area contributed by atoms with E-state index in [1.165, 1.54) is 7.11 Å². The second-order valence-electron chi connectivity index (χ2n) is 3.74. The third kappa shape index (κ3) is 4.17. The van der Waals surface area contributed by atoms with Gasteiger partial charge in [-0.15, -0.1) is 0 Å². The summed E-state index contributed by atoms with van der Waals surface area (Å²) in [5.41, 5.74) is 6.40. The number of anilines is 1. The van der Waals surface area contributed by atoms with Crippen molar-refractivity contribution in [2.45, 2.75) is 13.3 Å². The summed E-state index contributed by atoms with van der Waals surface area (Å²) in [7, 11) is 1.30. The van der Waals surface area contributed by atoms with Crippen LogP contribution in [-0.4, -0.2) is 32.1 Å². The summed E-state index contributed by atoms with van der Waals surface area (Å²) in [4.78, 5) is 23.0. The van der Waals surface area contributed by atoms with Crippen molar-refractivity contribution in [1.82, 2.24) is 5.32 Å². The Balaban J connectivity index is 2.73. The van der Waals surface area contributed by atoms with Crippen molar-refractivity contribution in [1.29, 1.82) is 0 Å². The molecule has 0 fully saturated rings. The van der Waals surface area contributed by atoms with E-state index < -0.39 is 0 Å². The lowest BCUT2D eigenvalue weighted by molar-refractivity contribution is -0.140. The number of benzene rings is 1. The van der Waals surface area contributed by atoms with E-state index in [4.69, 9.17) is 10.5 Å². The molecule has 0 saturated heterocycles. The first-order chi connectivity index (χ1) is 9.10. The van der Waals surface area contributed by atoms with Crippen LogP contribution in [0.1, 0.15) is 23.7 Å². The Labute approximate surface area is 111 Å². The number of methoxy groups -OCH3 is 1. The highest BCUT2D eigenvalue weighted by atomic mass is 16.5. The molecule has 0 saturated carbocycles. The lowest BCUT2D eigenvalue weighted by atomic mass is 10.1. The standard InChI is InChI=1S/C13H18N2O4/c1-3-19-10-6-4-5-9(14)12(10)13(17)15-8-7-11(16)18-2/h4-6H,3,7-8,14H2,1-2H3,(H,15,17). The molecule has 1 aromatic carbocycles. The van der Waals surface area contributed by atoms with Crippen molar-refractivity contribution < 1.29 is 19.1 Å². The van der Waals surface area contributed by atoms with E-state index in [0.29, 0.717) is 18.0 Å². The van der Waals surface area contributed by atoms with E-state index in [-0.39, 0.29) is 30.4 Å². The summed E-state index contributed by atoms with van der Waals surface area (Å²) in [6.07, 6.45) is 0.110. The number of nitrogens with two attached hydrogens (primary N) is 1. The van der Waals surface area contributed by atoms with Crippen LogP contribution in [0, 0.1) is 0 Å². The fourth-order valence-electron chi connectivity index (χ4n) is 1.54. The summed E-state index contributed by atoms with van der Waals surface area (Å²) in [5.74, 6) is -0.324. The van der Waals surface area contributed by atoms with Crippen LogP contribution in [0.5, 0.6) is 5.75 Å². The van der Waals surface area contributed by atoms with Gasteiger partial charge in [-0.25, -0.2) is 0 Å². The number of nitrogens with one attached hydrogen (secondary N) is 1. The minimum atomic E-state index is -0.383. The van der Waals surface area contributed by atoms with Crippen molar-refractivity contribution >= 4 is 17.6 Å². The number of carbonyl (C=O) groups excluding carboxylic acids is 2. The minimum absolute atomic E-state index is 0.110. The molecule has 1 amide bonds. The average Bonchev–Trinajstić information content (AvgIpc) is 2.38. The Morgan fingerprint density at radius 2 is 2.11 bits per heavy atom. The molecule has 19 heavy (non-hydrogen) atoms. The van der Waals surface area contributed by atoms with Gasteiger partial charge in [-0.1, -0.05) is 6.07 Å². The maximum Gasteiger partial charge on any atom is 0.307 e. The Morgan fingerprint density at radius 1 is 1.37 bits per heavy atom. The van der Waals surface area contributed by atoms with Gasteiger partial charge in [0, 0.05) is 12.2 Å². The minimum Gasteiger partial charge on any atom is -0.493 e. The molecule has 0 heterocycles. The predicted octanol–water partition coefficient (Wildman–Crippen LogP) is 0.960. The van der Waals surface area contributed by atoms with Gasteiger partial charge in [-0.3, -0.25) is 9.59 Å². The van der Waals surface area contributed by atoms with E-state index in [2.05, 4.69) is 10.1 Å². The Bertz CT molecular complexity index is 460. The van der Waals surface area contributed by atoms with Crippen LogP contribution in [0.4, 0.5) is 5.69 Å². The van der Waals surface area contributed by atoms with E-state index in [9.17, 15) is 9.59 Å². The van der Waals surface area contributed by atoms with Gasteiger partial charge in [0.2, 0.25) is 0 Å². The quantitative estimate of drug-likeness (QED) is 0.591. The first-order valence-electron chi connectivity index (χ1n) is 5.96. The second kappa shape index (κ2) is 7.25. The molecule has 0 bridgehead atoms. The van der Waals surface area contributed by atoms with Gasteiger partial charge >= 0.3 is 5.97 Å². The van der Waals surface area contributed by atoms with E-state index in [0.717, 1.165) is 0 Å². The summed E-state index contributed by atoms with van der Waals surface area (Å²) >= 11 is 0. The number of rotatable bonds is 6. The number of esters is 1. The van der Waals surface area contributed by atoms with Crippen molar-refractivity contribution in [3.63, 3.8) is 0 Å². The van der Waals surface area contributed by atoms with E-state index >= 15 is 0 Å². The topological polar surface area (TPSA) is 90.6 Å². The van der Waals surface area contributed by atoms with E-state index in [1.807, 2.05) is 6.92 Å². The van der Waals surface area contributed by atoms with E-state index in [1.54, 1.807) is 18.2 Å². The Kier molecular flexibility index (Phi) is 5.66. The molecule has 0 radical (unpaired) electrons. The molecule has 0 unspecified atom stereocenters. The highest BCUT2D eigenvalue weighted by Gasteiger charge is 2.15. The molecular weight excluding hydrogens is 248 g/mol. The van der Waals surface area contributed by atoms with Gasteiger partial charge in [0.25, 0.3) is 5.91 Å². The van der Waals surface area contributed by atoms with Crippen LogP contribution in [0.2, 0.25) is 0 Å². The number of hydrogen-bond donors (Lipinski definition) is 2. The highest BCUT2D eigenvalue weighted by molar-refractivity contribution is 6.01. The highest BCUT2D eigenvalue weighted by Crippen LogP contribution is 2.24. The lowest BCUT2D eigenvalue weighted by Gasteiger charge is -2.12. The number of nitrogen functional groups attached to an aromatic ring is 1. The van der Waals surface area contributed by atoms with Gasteiger partial charge in [0.1, 0.15) is 11.3 Å². The molecular formula is C13H18N2O4. The summed E-state index contributed by atoms with van der Waals surface area (Å²) < 4.78 is 9.84. The molecule has 0 aromatic heterocycles. The smallest absolute Gasteiger partial charge is 0.307 e. The fraction of sp³-hybridized carbons (Fsp3) is 0.385. The lowest BCUT2D eigenvalue weighted by Crippen LogP contribution is -2.27. The second-order valence-corrected chi connectivity index (χ2v) is 3.74. The monoisotopic (exact) mass is 266 g/mol. The Hall–Kier alpha value is -2.24. The number of ether oxygens (including phenoxy) is 2. The maximum absolute atomic E-state index is 12.0. The molecule has 0 atom stereocenters. The third-order valence-corrected chi connectivity index (χ3v) is 2.43. The molecule has 0 aliphatic heterocycles. The molecule has 0 spiro atoms. The van der Waals surface area contributed by atoms with Gasteiger partial charge in [-0.2, -0.15) is 0 Å². The van der Waals surface area contributed by atoms with Crippen molar-refractivity contribution in [3.8, 4) is 5.75 Å². The molecule has 104 valence electrons. The van der Waals surface area contributed by atoms with Gasteiger partial charge in [0.15, 0.2) is 0 Å². The molecule has 1 aromatic rings. The molecule has 1 rings (SSSR count). The normalized spacial score (nSPS) is 9.79. The van der Waals surface area contributed by atoms with Crippen LogP contribution < -0.4 is 15.8 Å². The van der Waals surface area contributed by atoms with Crippen LogP contribution in [0.3, 0.4) is 0 Å². The SMILES string of the molecule is CCOc1cccc(N)c1C(=O)NCCC(=O)OC. The number of carbonyl (C=O) groups is 2. The molecule has 0 aliphatic rings. The zero-order valence-corrected chi connectivity index (χ0v) is 11.1. The van der Waals surface area contributed by atoms with Gasteiger partial charge < -0.3 is 20.5 Å². The summed E-state index contributed by atoms with van der Waals surface area (Å²) in [5, 5.41) is 2.60. The fourth-order valence-corrected chi connectivity index (χ4v) is 1.54. The summed E-state index contributed by atoms with van der Waals surface area (Å²) in [6.45, 7) is 2.44. The van der Waals surface area contributed by atoms with Gasteiger partial charge in [-0.05, 0) is 19.1 Å². The average molecular weight is 266 g/mol. The van der Waals surface area contributed by atoms with Crippen LogP contribution >= 0.6 is 0 Å². The van der Waals surface area contributed by atoms with Gasteiger partial charge in [0.05, 0.1) is 20.1 Å². The molecule has 6 nitrogen and oxygen atoms in total. The first-order valence-corrected chi connectivity index (χ1v) is 5.96. The van der Waals surface area contributed by atoms with Crippen LogP contribution in [0.25, 0.3) is 0 Å². The largest absolute Gasteiger partial charge is 0.493 e. The zero-order valence-electron chi connectivity index (χ0n) is 11.1. The predicted molar refractivity (Wildman–Crippen MR) is 71.0 cm³/mol. The maximum atomic E-state index is 12.0.